The molecular formula is C20H19N3O. The van der Waals surface area contributed by atoms with Gasteiger partial charge in [-0.2, -0.15) is 5.10 Å². The summed E-state index contributed by atoms with van der Waals surface area (Å²) in [5.74, 6) is 0.822. The second kappa shape index (κ2) is 7.42. The highest BCUT2D eigenvalue weighted by Crippen LogP contribution is 2.25. The zero-order valence-electron chi connectivity index (χ0n) is 13.6. The maximum Gasteiger partial charge on any atom is 0.118 e. The predicted octanol–water partition coefficient (Wildman–Crippen LogP) is 4.15. The van der Waals surface area contributed by atoms with E-state index in [0.717, 1.165) is 28.3 Å². The first kappa shape index (κ1) is 15.7. The minimum absolute atomic E-state index is 0.582. The molecule has 0 aliphatic heterocycles. The maximum atomic E-state index is 5.23. The molecule has 4 nitrogen and oxygen atoms in total. The number of aliphatic imine (C=N–C) groups is 1. The van der Waals surface area contributed by atoms with Crippen LogP contribution in [0.15, 0.2) is 78.4 Å². The van der Waals surface area contributed by atoms with Gasteiger partial charge in [0.2, 0.25) is 0 Å². The Bertz CT molecular complexity index is 833. The molecule has 1 heterocycles. The normalized spacial score (nSPS) is 10.9. The topological polar surface area (TPSA) is 39.4 Å². The molecule has 3 rings (SSSR count). The van der Waals surface area contributed by atoms with Gasteiger partial charge in [-0.3, -0.25) is 4.99 Å². The van der Waals surface area contributed by atoms with Crippen molar-refractivity contribution in [3.8, 4) is 22.7 Å². The lowest BCUT2D eigenvalue weighted by molar-refractivity contribution is 0.415. The van der Waals surface area contributed by atoms with Gasteiger partial charge in [0.1, 0.15) is 11.4 Å². The summed E-state index contributed by atoms with van der Waals surface area (Å²) < 4.78 is 7.10. The van der Waals surface area contributed by atoms with Crippen molar-refractivity contribution >= 4 is 6.21 Å². The molecule has 0 fully saturated rings. The molecule has 0 N–H and O–H groups in total. The van der Waals surface area contributed by atoms with Crippen molar-refractivity contribution in [2.24, 2.45) is 4.99 Å². The fourth-order valence-corrected chi connectivity index (χ4v) is 2.39. The highest BCUT2D eigenvalue weighted by molar-refractivity contribution is 5.88. The van der Waals surface area contributed by atoms with Crippen LogP contribution in [0.5, 0.6) is 5.75 Å². The van der Waals surface area contributed by atoms with E-state index in [4.69, 9.17) is 9.84 Å². The zero-order chi connectivity index (χ0) is 16.8. The quantitative estimate of drug-likeness (QED) is 0.506. The number of hydrogen-bond acceptors (Lipinski definition) is 3. The van der Waals surface area contributed by atoms with Crippen LogP contribution in [0, 0.1) is 0 Å². The van der Waals surface area contributed by atoms with Gasteiger partial charge in [0.05, 0.1) is 19.3 Å². The summed E-state index contributed by atoms with van der Waals surface area (Å²) in [7, 11) is 1.66. The Balaban J connectivity index is 2.04. The van der Waals surface area contributed by atoms with E-state index in [0.29, 0.717) is 6.54 Å². The van der Waals surface area contributed by atoms with Crippen molar-refractivity contribution in [2.45, 2.75) is 0 Å². The number of ether oxygens (including phenoxy) is 1. The monoisotopic (exact) mass is 317 g/mol. The average molecular weight is 317 g/mol. The van der Waals surface area contributed by atoms with Crippen LogP contribution in [-0.4, -0.2) is 29.6 Å². The summed E-state index contributed by atoms with van der Waals surface area (Å²) in [4.78, 5) is 4.37. The Hall–Kier alpha value is -3.14. The molecule has 0 aliphatic carbocycles. The molecule has 0 spiro atoms. The second-order valence-electron chi connectivity index (χ2n) is 5.22. The third-order valence-electron chi connectivity index (χ3n) is 3.59. The van der Waals surface area contributed by atoms with Crippen molar-refractivity contribution in [3.05, 3.63) is 79.0 Å². The first-order valence-corrected chi connectivity index (χ1v) is 7.72. The van der Waals surface area contributed by atoms with E-state index in [-0.39, 0.29) is 0 Å². The van der Waals surface area contributed by atoms with Crippen molar-refractivity contribution < 1.29 is 4.74 Å². The minimum Gasteiger partial charge on any atom is -0.497 e. The van der Waals surface area contributed by atoms with Crippen LogP contribution >= 0.6 is 0 Å². The number of aromatic nitrogens is 2. The Kier molecular flexibility index (Phi) is 4.87. The molecule has 0 amide bonds. The SMILES string of the molecule is C=CCN=Cc1cn(-c2ccccc2)nc1-c1ccc(OC)cc1. The Morgan fingerprint density at radius 2 is 1.88 bits per heavy atom. The zero-order valence-corrected chi connectivity index (χ0v) is 13.6. The molecule has 0 saturated carbocycles. The number of rotatable bonds is 6. The third kappa shape index (κ3) is 3.43. The van der Waals surface area contributed by atoms with Crippen molar-refractivity contribution in [1.29, 1.82) is 0 Å². The van der Waals surface area contributed by atoms with Crippen molar-refractivity contribution in [1.82, 2.24) is 9.78 Å². The smallest absolute Gasteiger partial charge is 0.118 e. The van der Waals surface area contributed by atoms with Gasteiger partial charge in [0.25, 0.3) is 0 Å². The maximum absolute atomic E-state index is 5.23. The number of methoxy groups -OCH3 is 1. The number of benzene rings is 2. The summed E-state index contributed by atoms with van der Waals surface area (Å²) in [5.41, 5.74) is 3.88. The second-order valence-corrected chi connectivity index (χ2v) is 5.22. The average Bonchev–Trinajstić information content (AvgIpc) is 3.07. The number of nitrogens with zero attached hydrogens (tertiary/aromatic N) is 3. The lowest BCUT2D eigenvalue weighted by atomic mass is 10.1. The van der Waals surface area contributed by atoms with E-state index < -0.39 is 0 Å². The summed E-state index contributed by atoms with van der Waals surface area (Å²) in [6, 6.07) is 17.9. The predicted molar refractivity (Wildman–Crippen MR) is 98.2 cm³/mol. The van der Waals surface area contributed by atoms with Crippen molar-refractivity contribution in [3.63, 3.8) is 0 Å². The van der Waals surface area contributed by atoms with Gasteiger partial charge in [0.15, 0.2) is 0 Å². The third-order valence-corrected chi connectivity index (χ3v) is 3.59. The molecule has 4 heteroatoms. The molecule has 0 bridgehead atoms. The number of hydrogen-bond donors (Lipinski definition) is 0. The highest BCUT2D eigenvalue weighted by Gasteiger charge is 2.11. The molecular weight excluding hydrogens is 298 g/mol. The number of para-hydroxylation sites is 1. The first-order valence-electron chi connectivity index (χ1n) is 7.72. The van der Waals surface area contributed by atoms with Gasteiger partial charge >= 0.3 is 0 Å². The largest absolute Gasteiger partial charge is 0.497 e. The summed E-state index contributed by atoms with van der Waals surface area (Å²) >= 11 is 0. The van der Waals surface area contributed by atoms with E-state index in [1.165, 1.54) is 0 Å². The van der Waals surface area contributed by atoms with Gasteiger partial charge in [0, 0.05) is 23.5 Å². The van der Waals surface area contributed by atoms with Gasteiger partial charge in [-0.25, -0.2) is 4.68 Å². The van der Waals surface area contributed by atoms with E-state index in [1.807, 2.05) is 71.7 Å². The molecule has 2 aromatic carbocycles. The molecule has 0 atom stereocenters. The fraction of sp³-hybridized carbons (Fsp3) is 0.100. The van der Waals surface area contributed by atoms with E-state index in [9.17, 15) is 0 Å². The fourth-order valence-electron chi connectivity index (χ4n) is 2.39. The van der Waals surface area contributed by atoms with Crippen LogP contribution in [0.2, 0.25) is 0 Å². The lowest BCUT2D eigenvalue weighted by Crippen LogP contribution is -1.94. The molecule has 0 radical (unpaired) electrons. The van der Waals surface area contributed by atoms with Crippen LogP contribution in [0.1, 0.15) is 5.56 Å². The molecule has 3 aromatic rings. The van der Waals surface area contributed by atoms with Gasteiger partial charge in [-0.1, -0.05) is 24.3 Å². The van der Waals surface area contributed by atoms with Gasteiger partial charge in [-0.15, -0.1) is 6.58 Å². The molecule has 24 heavy (non-hydrogen) atoms. The van der Waals surface area contributed by atoms with Gasteiger partial charge in [-0.05, 0) is 36.4 Å². The molecule has 0 aliphatic rings. The Morgan fingerprint density at radius 3 is 2.54 bits per heavy atom. The van der Waals surface area contributed by atoms with Crippen LogP contribution < -0.4 is 4.74 Å². The van der Waals surface area contributed by atoms with Crippen LogP contribution in [0.3, 0.4) is 0 Å². The molecule has 120 valence electrons. The molecule has 0 saturated heterocycles. The Morgan fingerprint density at radius 1 is 1.12 bits per heavy atom. The summed E-state index contributed by atoms with van der Waals surface area (Å²) in [6.07, 6.45) is 5.60. The van der Waals surface area contributed by atoms with E-state index in [1.54, 1.807) is 13.2 Å². The van der Waals surface area contributed by atoms with Crippen molar-refractivity contribution in [2.75, 3.05) is 13.7 Å². The lowest BCUT2D eigenvalue weighted by Gasteiger charge is -2.02. The highest BCUT2D eigenvalue weighted by atomic mass is 16.5. The molecule has 0 unspecified atom stereocenters. The van der Waals surface area contributed by atoms with E-state index >= 15 is 0 Å². The first-order chi connectivity index (χ1) is 11.8. The summed E-state index contributed by atoms with van der Waals surface area (Å²) in [6.45, 7) is 4.28. The molecule has 1 aromatic heterocycles. The van der Waals surface area contributed by atoms with Gasteiger partial charge < -0.3 is 4.74 Å². The summed E-state index contributed by atoms with van der Waals surface area (Å²) in [5, 5.41) is 4.74. The van der Waals surface area contributed by atoms with E-state index in [2.05, 4.69) is 11.6 Å². The minimum atomic E-state index is 0.582. The van der Waals surface area contributed by atoms with Crippen LogP contribution in [0.4, 0.5) is 0 Å². The Labute approximate surface area is 141 Å². The van der Waals surface area contributed by atoms with Crippen LogP contribution in [0.25, 0.3) is 16.9 Å². The standard InChI is InChI=1S/C20H19N3O/c1-3-13-21-14-17-15-23(18-7-5-4-6-8-18)22-20(17)16-9-11-19(24-2)12-10-16/h3-12,14-15H,1,13H2,2H3. The van der Waals surface area contributed by atoms with Crippen LogP contribution in [-0.2, 0) is 0 Å².